The Labute approximate surface area is 122 Å². The molecule has 5 heteroatoms. The molecule has 3 N–H and O–H groups in total. The zero-order valence-corrected chi connectivity index (χ0v) is 13.5. The summed E-state index contributed by atoms with van der Waals surface area (Å²) >= 11 is 0. The van der Waals surface area contributed by atoms with E-state index in [0.717, 1.165) is 32.1 Å². The number of unbranched alkanes of at least 4 members (excludes halogenated alkanes) is 1. The van der Waals surface area contributed by atoms with Crippen LogP contribution in [0.15, 0.2) is 0 Å². The van der Waals surface area contributed by atoms with Gasteiger partial charge in [-0.2, -0.15) is 0 Å². The van der Waals surface area contributed by atoms with Gasteiger partial charge in [0.2, 0.25) is 0 Å². The topological polar surface area (TPSA) is 78.4 Å². The first-order chi connectivity index (χ1) is 9.22. The van der Waals surface area contributed by atoms with Crippen molar-refractivity contribution < 1.29 is 14.7 Å². The van der Waals surface area contributed by atoms with Gasteiger partial charge in [0, 0.05) is 6.04 Å². The van der Waals surface area contributed by atoms with E-state index >= 15 is 0 Å². The van der Waals surface area contributed by atoms with E-state index < -0.39 is 17.4 Å². The Kier molecular flexibility index (Phi) is 8.26. The molecule has 0 spiro atoms. The summed E-state index contributed by atoms with van der Waals surface area (Å²) in [4.78, 5) is 23.2. The third kappa shape index (κ3) is 7.36. The average molecular weight is 286 g/mol. The minimum Gasteiger partial charge on any atom is -0.480 e. The maximum Gasteiger partial charge on any atom is 0.326 e. The first-order valence-corrected chi connectivity index (χ1v) is 7.52. The highest BCUT2D eigenvalue weighted by molar-refractivity contribution is 5.83. The summed E-state index contributed by atoms with van der Waals surface area (Å²) in [7, 11) is 0. The second kappa shape index (κ2) is 8.82. The first-order valence-electron chi connectivity index (χ1n) is 7.52. The van der Waals surface area contributed by atoms with Crippen molar-refractivity contribution in [2.24, 2.45) is 5.41 Å². The van der Waals surface area contributed by atoms with Crippen molar-refractivity contribution in [2.45, 2.75) is 78.8 Å². The molecular formula is C15H30N2O3. The van der Waals surface area contributed by atoms with E-state index in [-0.39, 0.29) is 12.1 Å². The van der Waals surface area contributed by atoms with E-state index in [0.29, 0.717) is 0 Å². The number of amides is 2. The van der Waals surface area contributed by atoms with Gasteiger partial charge in [-0.1, -0.05) is 53.9 Å². The van der Waals surface area contributed by atoms with Crippen molar-refractivity contribution in [3.63, 3.8) is 0 Å². The van der Waals surface area contributed by atoms with E-state index in [1.54, 1.807) is 20.8 Å². The van der Waals surface area contributed by atoms with Crippen LogP contribution in [0.2, 0.25) is 0 Å². The summed E-state index contributed by atoms with van der Waals surface area (Å²) in [5, 5.41) is 14.7. The standard InChI is InChI=1S/C15H30N2O3/c1-6-8-10-11(9-7-2)16-14(20)17-12(13(18)19)15(3,4)5/h11-12H,6-10H2,1-5H3,(H,18,19)(H2,16,17,20)/t11?,12-/m1/s1. The lowest BCUT2D eigenvalue weighted by Gasteiger charge is -2.29. The van der Waals surface area contributed by atoms with E-state index in [1.807, 2.05) is 0 Å². The molecular weight excluding hydrogens is 256 g/mol. The molecule has 1 unspecified atom stereocenters. The number of nitrogens with one attached hydrogen (secondary N) is 2. The number of carbonyl (C=O) groups is 2. The molecule has 2 amide bonds. The Bertz CT molecular complexity index is 311. The average Bonchev–Trinajstić information content (AvgIpc) is 2.31. The number of aliphatic carboxylic acids is 1. The molecule has 2 atom stereocenters. The van der Waals surface area contributed by atoms with Crippen molar-refractivity contribution in [2.75, 3.05) is 0 Å². The molecule has 0 bridgehead atoms. The number of urea groups is 1. The van der Waals surface area contributed by atoms with Gasteiger partial charge in [-0.05, 0) is 18.3 Å². The van der Waals surface area contributed by atoms with Gasteiger partial charge in [0.15, 0.2) is 0 Å². The first kappa shape index (κ1) is 18.7. The van der Waals surface area contributed by atoms with Gasteiger partial charge in [-0.3, -0.25) is 0 Å². The van der Waals surface area contributed by atoms with Crippen LogP contribution >= 0.6 is 0 Å². The van der Waals surface area contributed by atoms with Gasteiger partial charge >= 0.3 is 12.0 Å². The minimum absolute atomic E-state index is 0.120. The Balaban J connectivity index is 4.52. The number of carbonyl (C=O) groups excluding carboxylic acids is 1. The fourth-order valence-corrected chi connectivity index (χ4v) is 2.09. The van der Waals surface area contributed by atoms with Crippen molar-refractivity contribution in [3.8, 4) is 0 Å². The molecule has 0 saturated carbocycles. The Hall–Kier alpha value is -1.26. The van der Waals surface area contributed by atoms with Gasteiger partial charge in [-0.15, -0.1) is 0 Å². The van der Waals surface area contributed by atoms with E-state index in [2.05, 4.69) is 24.5 Å². The van der Waals surface area contributed by atoms with Crippen molar-refractivity contribution in [1.29, 1.82) is 0 Å². The van der Waals surface area contributed by atoms with Crippen LogP contribution in [0.4, 0.5) is 4.79 Å². The zero-order valence-electron chi connectivity index (χ0n) is 13.5. The molecule has 20 heavy (non-hydrogen) atoms. The SMILES string of the molecule is CCCCC(CCC)NC(=O)N[C@H](C(=O)O)C(C)(C)C. The molecule has 0 aromatic rings. The summed E-state index contributed by atoms with van der Waals surface area (Å²) < 4.78 is 0. The van der Waals surface area contributed by atoms with Gasteiger partial charge in [0.1, 0.15) is 6.04 Å². The lowest BCUT2D eigenvalue weighted by Crippen LogP contribution is -2.53. The molecule has 0 aromatic heterocycles. The van der Waals surface area contributed by atoms with E-state index in [9.17, 15) is 14.7 Å². The number of hydrogen-bond donors (Lipinski definition) is 3. The maximum absolute atomic E-state index is 12.0. The summed E-state index contributed by atoms with van der Waals surface area (Å²) in [5.41, 5.74) is -0.521. The molecule has 0 aliphatic heterocycles. The predicted octanol–water partition coefficient (Wildman–Crippen LogP) is 3.14. The van der Waals surface area contributed by atoms with Gasteiger partial charge in [-0.25, -0.2) is 9.59 Å². The van der Waals surface area contributed by atoms with Crippen LogP contribution < -0.4 is 10.6 Å². The van der Waals surface area contributed by atoms with Crippen LogP contribution in [0.5, 0.6) is 0 Å². The van der Waals surface area contributed by atoms with Gasteiger partial charge in [0.25, 0.3) is 0 Å². The lowest BCUT2D eigenvalue weighted by atomic mass is 9.87. The molecule has 0 aliphatic carbocycles. The molecule has 118 valence electrons. The summed E-state index contributed by atoms with van der Waals surface area (Å²) in [6.07, 6.45) is 5.00. The van der Waals surface area contributed by atoms with Crippen molar-refractivity contribution >= 4 is 12.0 Å². The predicted molar refractivity (Wildman–Crippen MR) is 80.8 cm³/mol. The molecule has 0 aromatic carbocycles. The fraction of sp³-hybridized carbons (Fsp3) is 0.867. The number of hydrogen-bond acceptors (Lipinski definition) is 2. The highest BCUT2D eigenvalue weighted by Crippen LogP contribution is 2.19. The Morgan fingerprint density at radius 3 is 2.05 bits per heavy atom. The normalized spacial score (nSPS) is 14.4. The van der Waals surface area contributed by atoms with Crippen LogP contribution in [-0.2, 0) is 4.79 Å². The molecule has 0 saturated heterocycles. The number of rotatable bonds is 8. The molecule has 0 radical (unpaired) electrons. The third-order valence-electron chi connectivity index (χ3n) is 3.27. The molecule has 0 rings (SSSR count). The second-order valence-corrected chi connectivity index (χ2v) is 6.38. The third-order valence-corrected chi connectivity index (χ3v) is 3.27. The Morgan fingerprint density at radius 2 is 1.65 bits per heavy atom. The molecule has 0 heterocycles. The largest absolute Gasteiger partial charge is 0.480 e. The number of carboxylic acids is 1. The minimum atomic E-state index is -1.01. The van der Waals surface area contributed by atoms with Crippen LogP contribution in [-0.4, -0.2) is 29.2 Å². The van der Waals surface area contributed by atoms with Gasteiger partial charge in [0.05, 0.1) is 0 Å². The molecule has 0 aliphatic rings. The summed E-state index contributed by atoms with van der Waals surface area (Å²) in [5.74, 6) is -1.01. The van der Waals surface area contributed by atoms with E-state index in [4.69, 9.17) is 0 Å². The highest BCUT2D eigenvalue weighted by atomic mass is 16.4. The second-order valence-electron chi connectivity index (χ2n) is 6.38. The van der Waals surface area contributed by atoms with Crippen molar-refractivity contribution in [3.05, 3.63) is 0 Å². The Morgan fingerprint density at radius 1 is 1.05 bits per heavy atom. The van der Waals surface area contributed by atoms with Gasteiger partial charge < -0.3 is 15.7 Å². The monoisotopic (exact) mass is 286 g/mol. The quantitative estimate of drug-likeness (QED) is 0.641. The summed E-state index contributed by atoms with van der Waals surface area (Å²) in [6, 6.07) is -1.16. The lowest BCUT2D eigenvalue weighted by molar-refractivity contribution is -0.141. The fourth-order valence-electron chi connectivity index (χ4n) is 2.09. The maximum atomic E-state index is 12.0. The zero-order chi connectivity index (χ0) is 15.8. The molecule has 0 fully saturated rings. The molecule has 5 nitrogen and oxygen atoms in total. The van der Waals surface area contributed by atoms with Crippen molar-refractivity contribution in [1.82, 2.24) is 10.6 Å². The van der Waals surface area contributed by atoms with Crippen LogP contribution in [0, 0.1) is 5.41 Å². The van der Waals surface area contributed by atoms with Crippen LogP contribution in [0.25, 0.3) is 0 Å². The smallest absolute Gasteiger partial charge is 0.326 e. The van der Waals surface area contributed by atoms with E-state index in [1.165, 1.54) is 0 Å². The van der Waals surface area contributed by atoms with Crippen LogP contribution in [0.1, 0.15) is 66.7 Å². The highest BCUT2D eigenvalue weighted by Gasteiger charge is 2.32. The van der Waals surface area contributed by atoms with Crippen LogP contribution in [0.3, 0.4) is 0 Å². The number of carboxylic acid groups (broad SMARTS) is 1. The summed E-state index contributed by atoms with van der Waals surface area (Å²) in [6.45, 7) is 9.59.